The van der Waals surface area contributed by atoms with E-state index >= 15 is 0 Å². The molecule has 1 aliphatic rings. The largest absolute Gasteiger partial charge is 0.493 e. The Balaban J connectivity index is 1.63. The van der Waals surface area contributed by atoms with Crippen molar-refractivity contribution in [2.75, 3.05) is 39.3 Å². The van der Waals surface area contributed by atoms with Crippen molar-refractivity contribution in [3.05, 3.63) is 29.3 Å². The summed E-state index contributed by atoms with van der Waals surface area (Å²) >= 11 is 0. The number of rotatable bonds is 8. The Kier molecular flexibility index (Phi) is 8.25. The molecule has 3 nitrogen and oxygen atoms in total. The molecule has 0 spiro atoms. The molecule has 1 fully saturated rings. The molecule has 142 valence electrons. The summed E-state index contributed by atoms with van der Waals surface area (Å²) in [4.78, 5) is 2.61. The molecule has 1 aromatic rings. The molecule has 0 radical (unpaired) electrons. The highest BCUT2D eigenvalue weighted by Gasteiger charge is 2.19. The van der Waals surface area contributed by atoms with Gasteiger partial charge in [-0.25, -0.2) is 0 Å². The lowest BCUT2D eigenvalue weighted by atomic mass is 9.85. The fourth-order valence-electron chi connectivity index (χ4n) is 3.45. The highest BCUT2D eigenvalue weighted by Crippen LogP contribution is 2.32. The van der Waals surface area contributed by atoms with E-state index in [9.17, 15) is 0 Å². The number of nitrogens with one attached hydrogen (secondary N) is 1. The number of benzene rings is 1. The lowest BCUT2D eigenvalue weighted by Gasteiger charge is -2.23. The highest BCUT2D eigenvalue weighted by molar-refractivity contribution is 5.41. The van der Waals surface area contributed by atoms with Crippen LogP contribution >= 0.6 is 0 Å². The van der Waals surface area contributed by atoms with Crippen LogP contribution in [-0.2, 0) is 5.41 Å². The van der Waals surface area contributed by atoms with Gasteiger partial charge in [-0.1, -0.05) is 51.3 Å². The summed E-state index contributed by atoms with van der Waals surface area (Å²) in [5.41, 5.74) is 2.76. The third-order valence-corrected chi connectivity index (χ3v) is 5.00. The van der Waals surface area contributed by atoms with Crippen LogP contribution in [0.2, 0.25) is 0 Å². The van der Waals surface area contributed by atoms with Gasteiger partial charge in [0.2, 0.25) is 0 Å². The van der Waals surface area contributed by atoms with Crippen molar-refractivity contribution >= 4 is 0 Å². The van der Waals surface area contributed by atoms with E-state index in [0.29, 0.717) is 0 Å². The molecule has 0 aliphatic carbocycles. The van der Waals surface area contributed by atoms with Crippen molar-refractivity contribution < 1.29 is 4.74 Å². The Morgan fingerprint density at radius 3 is 2.64 bits per heavy atom. The van der Waals surface area contributed by atoms with Crippen LogP contribution in [0.1, 0.15) is 64.0 Å². The molecule has 1 N–H and O–H groups in total. The van der Waals surface area contributed by atoms with E-state index < -0.39 is 0 Å². The summed E-state index contributed by atoms with van der Waals surface area (Å²) in [6.45, 7) is 15.8. The van der Waals surface area contributed by atoms with Crippen LogP contribution < -0.4 is 10.1 Å². The number of unbranched alkanes of at least 4 members (excludes halogenated alkanes) is 3. The third kappa shape index (κ3) is 7.37. The van der Waals surface area contributed by atoms with Crippen LogP contribution in [0.25, 0.3) is 0 Å². The second kappa shape index (κ2) is 10.2. The van der Waals surface area contributed by atoms with Crippen molar-refractivity contribution in [3.63, 3.8) is 0 Å². The van der Waals surface area contributed by atoms with Crippen molar-refractivity contribution in [1.29, 1.82) is 0 Å². The summed E-state index contributed by atoms with van der Waals surface area (Å²) in [5.74, 6) is 1.06. The summed E-state index contributed by atoms with van der Waals surface area (Å²) in [6, 6.07) is 6.56. The quantitative estimate of drug-likeness (QED) is 0.700. The third-order valence-electron chi connectivity index (χ3n) is 5.00. The predicted molar refractivity (Wildman–Crippen MR) is 108 cm³/mol. The van der Waals surface area contributed by atoms with Crippen LogP contribution in [-0.4, -0.2) is 44.2 Å². The fraction of sp³-hybridized carbons (Fsp3) is 0.727. The van der Waals surface area contributed by atoms with Gasteiger partial charge in [-0.2, -0.15) is 0 Å². The lowest BCUT2D eigenvalue weighted by Crippen LogP contribution is -2.29. The van der Waals surface area contributed by atoms with Gasteiger partial charge in [-0.05, 0) is 62.9 Å². The molecular weight excluding hydrogens is 308 g/mol. The molecular formula is C22H38N2O. The van der Waals surface area contributed by atoms with Crippen LogP contribution in [0, 0.1) is 6.92 Å². The standard InChI is InChI=1S/C22H38N2O/c1-19-10-11-21(20(18-19)22(2,3)4)25-17-8-6-5-7-14-24-15-9-12-23-13-16-24/h10-11,18,23H,5-9,12-17H2,1-4H3. The molecule has 0 atom stereocenters. The fourth-order valence-corrected chi connectivity index (χ4v) is 3.45. The molecule has 0 amide bonds. The van der Waals surface area contributed by atoms with Gasteiger partial charge in [-0.15, -0.1) is 0 Å². The minimum atomic E-state index is 0.128. The minimum absolute atomic E-state index is 0.128. The Morgan fingerprint density at radius 2 is 1.84 bits per heavy atom. The van der Waals surface area contributed by atoms with Crippen molar-refractivity contribution in [1.82, 2.24) is 10.2 Å². The monoisotopic (exact) mass is 346 g/mol. The second-order valence-corrected chi connectivity index (χ2v) is 8.46. The smallest absolute Gasteiger partial charge is 0.123 e. The van der Waals surface area contributed by atoms with Crippen molar-refractivity contribution in [2.24, 2.45) is 0 Å². The van der Waals surface area contributed by atoms with E-state index in [0.717, 1.165) is 25.3 Å². The Labute approximate surface area is 155 Å². The number of hydrogen-bond acceptors (Lipinski definition) is 3. The number of nitrogens with zero attached hydrogens (tertiary/aromatic N) is 1. The van der Waals surface area contributed by atoms with Gasteiger partial charge in [-0.3, -0.25) is 0 Å². The first-order valence-corrected chi connectivity index (χ1v) is 10.1. The first-order valence-electron chi connectivity index (χ1n) is 10.1. The Morgan fingerprint density at radius 1 is 1.04 bits per heavy atom. The van der Waals surface area contributed by atoms with Crippen LogP contribution in [0.5, 0.6) is 5.75 Å². The maximum Gasteiger partial charge on any atom is 0.123 e. The average Bonchev–Trinajstić information content (AvgIpc) is 2.83. The molecule has 2 rings (SSSR count). The molecule has 0 unspecified atom stereocenters. The topological polar surface area (TPSA) is 24.5 Å². The molecule has 1 saturated heterocycles. The molecule has 1 aliphatic heterocycles. The summed E-state index contributed by atoms with van der Waals surface area (Å²) < 4.78 is 6.11. The SMILES string of the molecule is Cc1ccc(OCCCCCCN2CCCNCC2)c(C(C)(C)C)c1. The van der Waals surface area contributed by atoms with Crippen LogP contribution in [0.3, 0.4) is 0 Å². The number of hydrogen-bond donors (Lipinski definition) is 1. The van der Waals surface area contributed by atoms with Crippen molar-refractivity contribution in [3.8, 4) is 5.75 Å². The normalized spacial score (nSPS) is 16.6. The molecule has 1 heterocycles. The highest BCUT2D eigenvalue weighted by atomic mass is 16.5. The van der Waals surface area contributed by atoms with E-state index in [2.05, 4.69) is 56.1 Å². The lowest BCUT2D eigenvalue weighted by molar-refractivity contribution is 0.275. The predicted octanol–water partition coefficient (Wildman–Crippen LogP) is 4.53. The first kappa shape index (κ1) is 20.3. The van der Waals surface area contributed by atoms with Gasteiger partial charge in [0.05, 0.1) is 6.61 Å². The average molecular weight is 347 g/mol. The van der Waals surface area contributed by atoms with Gasteiger partial charge in [0.25, 0.3) is 0 Å². The van der Waals surface area contributed by atoms with E-state index in [1.807, 2.05) is 0 Å². The minimum Gasteiger partial charge on any atom is -0.493 e. The van der Waals surface area contributed by atoms with Gasteiger partial charge in [0.1, 0.15) is 5.75 Å². The van der Waals surface area contributed by atoms with E-state index in [-0.39, 0.29) is 5.41 Å². The zero-order valence-electron chi connectivity index (χ0n) is 16.9. The van der Waals surface area contributed by atoms with E-state index in [4.69, 9.17) is 4.74 Å². The number of ether oxygens (including phenoxy) is 1. The maximum atomic E-state index is 6.11. The first-order chi connectivity index (χ1) is 12.0. The molecule has 3 heteroatoms. The molecule has 1 aromatic carbocycles. The van der Waals surface area contributed by atoms with Gasteiger partial charge >= 0.3 is 0 Å². The summed E-state index contributed by atoms with van der Waals surface area (Å²) in [7, 11) is 0. The Bertz CT molecular complexity index is 499. The zero-order chi connectivity index (χ0) is 18.1. The van der Waals surface area contributed by atoms with E-state index in [1.165, 1.54) is 63.0 Å². The van der Waals surface area contributed by atoms with E-state index in [1.54, 1.807) is 0 Å². The zero-order valence-corrected chi connectivity index (χ0v) is 16.9. The van der Waals surface area contributed by atoms with Crippen LogP contribution in [0.15, 0.2) is 18.2 Å². The van der Waals surface area contributed by atoms with Crippen molar-refractivity contribution in [2.45, 2.75) is 65.2 Å². The van der Waals surface area contributed by atoms with Gasteiger partial charge < -0.3 is 15.0 Å². The Hall–Kier alpha value is -1.06. The number of aryl methyl sites for hydroxylation is 1. The van der Waals surface area contributed by atoms with Gasteiger partial charge in [0.15, 0.2) is 0 Å². The molecule has 0 aromatic heterocycles. The van der Waals surface area contributed by atoms with Crippen LogP contribution in [0.4, 0.5) is 0 Å². The van der Waals surface area contributed by atoms with Gasteiger partial charge in [0, 0.05) is 13.1 Å². The molecule has 0 bridgehead atoms. The molecule has 0 saturated carbocycles. The summed E-state index contributed by atoms with van der Waals surface area (Å²) in [5, 5.41) is 3.47. The second-order valence-electron chi connectivity index (χ2n) is 8.46. The maximum absolute atomic E-state index is 6.11. The molecule has 25 heavy (non-hydrogen) atoms. The summed E-state index contributed by atoms with van der Waals surface area (Å²) in [6.07, 6.45) is 6.34.